The highest BCUT2D eigenvalue weighted by Gasteiger charge is 2.18. The Labute approximate surface area is 181 Å². The van der Waals surface area contributed by atoms with Gasteiger partial charge in [0.25, 0.3) is 5.56 Å². The Kier molecular flexibility index (Phi) is 4.17. The SMILES string of the molecule is Cn1c(=O)c(-c2ccc(Cl)cc2Cl)cc2c3cc(-c4cn[nH]c4N)ccc3n(C)c21. The highest BCUT2D eigenvalue weighted by atomic mass is 35.5. The van der Waals surface area contributed by atoms with Crippen LogP contribution in [-0.4, -0.2) is 19.3 Å². The van der Waals surface area contributed by atoms with E-state index in [2.05, 4.69) is 16.3 Å². The molecule has 0 bridgehead atoms. The zero-order valence-electron chi connectivity index (χ0n) is 16.2. The number of halogens is 2. The second kappa shape index (κ2) is 6.65. The Morgan fingerprint density at radius 2 is 1.73 bits per heavy atom. The molecule has 0 amide bonds. The van der Waals surface area contributed by atoms with E-state index in [0.29, 0.717) is 27.0 Å². The Hall–Kier alpha value is -3.22. The maximum absolute atomic E-state index is 13.2. The molecule has 0 aliphatic heterocycles. The van der Waals surface area contributed by atoms with Crippen molar-refractivity contribution in [2.45, 2.75) is 0 Å². The predicted molar refractivity (Wildman–Crippen MR) is 123 cm³/mol. The number of pyridine rings is 1. The lowest BCUT2D eigenvalue weighted by Crippen LogP contribution is -2.20. The molecule has 150 valence electrons. The van der Waals surface area contributed by atoms with Gasteiger partial charge >= 0.3 is 0 Å². The molecule has 0 aliphatic carbocycles. The first-order chi connectivity index (χ1) is 14.4. The van der Waals surface area contributed by atoms with E-state index in [1.54, 1.807) is 36.0 Å². The first-order valence-corrected chi connectivity index (χ1v) is 9.99. The Morgan fingerprint density at radius 3 is 2.43 bits per heavy atom. The Morgan fingerprint density at radius 1 is 0.933 bits per heavy atom. The minimum atomic E-state index is -0.128. The van der Waals surface area contributed by atoms with Crippen molar-refractivity contribution >= 4 is 51.0 Å². The number of aromatic amines is 1. The van der Waals surface area contributed by atoms with E-state index in [9.17, 15) is 4.79 Å². The second-order valence-electron chi connectivity index (χ2n) is 7.27. The van der Waals surface area contributed by atoms with Crippen molar-refractivity contribution < 1.29 is 0 Å². The topological polar surface area (TPSA) is 81.6 Å². The van der Waals surface area contributed by atoms with E-state index in [1.807, 2.05) is 29.8 Å². The van der Waals surface area contributed by atoms with Gasteiger partial charge in [0.1, 0.15) is 11.5 Å². The number of nitrogens with two attached hydrogens (primary N) is 1. The monoisotopic (exact) mass is 437 g/mol. The molecule has 30 heavy (non-hydrogen) atoms. The van der Waals surface area contributed by atoms with E-state index < -0.39 is 0 Å². The van der Waals surface area contributed by atoms with Crippen LogP contribution in [0.5, 0.6) is 0 Å². The van der Waals surface area contributed by atoms with Gasteiger partial charge in [0.15, 0.2) is 0 Å². The van der Waals surface area contributed by atoms with Crippen LogP contribution in [0.2, 0.25) is 10.0 Å². The number of H-pyrrole nitrogens is 1. The van der Waals surface area contributed by atoms with Gasteiger partial charge in [0, 0.05) is 46.6 Å². The zero-order valence-corrected chi connectivity index (χ0v) is 17.7. The molecule has 0 aliphatic rings. The van der Waals surface area contributed by atoms with Crippen LogP contribution < -0.4 is 11.3 Å². The molecule has 8 heteroatoms. The average Bonchev–Trinajstić information content (AvgIpc) is 3.26. The predicted octanol–water partition coefficient (Wildman–Crippen LogP) is 4.98. The van der Waals surface area contributed by atoms with Crippen molar-refractivity contribution in [3.63, 3.8) is 0 Å². The van der Waals surface area contributed by atoms with E-state index in [0.717, 1.165) is 33.1 Å². The summed E-state index contributed by atoms with van der Waals surface area (Å²) >= 11 is 12.5. The van der Waals surface area contributed by atoms with Crippen molar-refractivity contribution in [2.75, 3.05) is 5.73 Å². The number of aryl methyl sites for hydroxylation is 2. The Bertz CT molecular complexity index is 1530. The lowest BCUT2D eigenvalue weighted by molar-refractivity contribution is 0.846. The zero-order chi connectivity index (χ0) is 21.2. The number of nitrogens with one attached hydrogen (secondary N) is 1. The highest BCUT2D eigenvalue weighted by molar-refractivity contribution is 6.36. The fourth-order valence-corrected chi connectivity index (χ4v) is 4.60. The third kappa shape index (κ3) is 2.65. The fourth-order valence-electron chi connectivity index (χ4n) is 4.08. The molecule has 0 spiro atoms. The summed E-state index contributed by atoms with van der Waals surface area (Å²) in [5.74, 6) is 0.510. The van der Waals surface area contributed by atoms with Crippen LogP contribution in [0.4, 0.5) is 5.82 Å². The number of hydrogen-bond donors (Lipinski definition) is 2. The maximum Gasteiger partial charge on any atom is 0.259 e. The van der Waals surface area contributed by atoms with E-state index in [-0.39, 0.29) is 5.56 Å². The number of rotatable bonds is 2. The minimum absolute atomic E-state index is 0.128. The highest BCUT2D eigenvalue weighted by Crippen LogP contribution is 2.35. The van der Waals surface area contributed by atoms with Gasteiger partial charge in [0.2, 0.25) is 0 Å². The number of benzene rings is 2. The molecular formula is C22H17Cl2N5O. The lowest BCUT2D eigenvalue weighted by Gasteiger charge is -2.09. The molecule has 0 saturated carbocycles. The number of nitrogen functional groups attached to an aromatic ring is 1. The summed E-state index contributed by atoms with van der Waals surface area (Å²) < 4.78 is 3.67. The van der Waals surface area contributed by atoms with Crippen LogP contribution in [-0.2, 0) is 14.1 Å². The van der Waals surface area contributed by atoms with Gasteiger partial charge in [-0.3, -0.25) is 14.5 Å². The van der Waals surface area contributed by atoms with Crippen molar-refractivity contribution in [3.8, 4) is 22.3 Å². The molecule has 3 N–H and O–H groups in total. The second-order valence-corrected chi connectivity index (χ2v) is 8.12. The van der Waals surface area contributed by atoms with Crippen LogP contribution >= 0.6 is 23.2 Å². The molecule has 0 saturated heterocycles. The largest absolute Gasteiger partial charge is 0.384 e. The van der Waals surface area contributed by atoms with Gasteiger partial charge in [-0.25, -0.2) is 0 Å². The van der Waals surface area contributed by atoms with E-state index in [4.69, 9.17) is 28.9 Å². The van der Waals surface area contributed by atoms with Gasteiger partial charge in [0.05, 0.1) is 16.7 Å². The molecule has 5 rings (SSSR count). The first kappa shape index (κ1) is 18.8. The first-order valence-electron chi connectivity index (χ1n) is 9.23. The minimum Gasteiger partial charge on any atom is -0.384 e. The number of hydrogen-bond acceptors (Lipinski definition) is 3. The molecule has 3 heterocycles. The summed E-state index contributed by atoms with van der Waals surface area (Å²) in [6.45, 7) is 0. The third-order valence-electron chi connectivity index (χ3n) is 5.55. The third-order valence-corrected chi connectivity index (χ3v) is 6.10. The summed E-state index contributed by atoms with van der Waals surface area (Å²) in [5.41, 5.74) is 10.7. The molecule has 0 atom stereocenters. The summed E-state index contributed by atoms with van der Waals surface area (Å²) in [4.78, 5) is 13.2. The standard InChI is InChI=1S/C22H17Cl2N5O/c1-28-19-6-3-11(17-10-26-27-20(17)25)7-14(19)15-9-16(22(30)29(2)21(15)28)13-5-4-12(23)8-18(13)24/h3-10H,1-2H3,(H3,25,26,27). The normalized spacial score (nSPS) is 11.6. The van der Waals surface area contributed by atoms with Gasteiger partial charge in [-0.2, -0.15) is 5.10 Å². The molecule has 2 aromatic carbocycles. The number of fused-ring (bicyclic) bond motifs is 3. The molecule has 0 fully saturated rings. The van der Waals surface area contributed by atoms with Crippen molar-refractivity contribution in [1.82, 2.24) is 19.3 Å². The molecular weight excluding hydrogens is 421 g/mol. The number of nitrogens with zero attached hydrogens (tertiary/aromatic N) is 3. The molecule has 0 radical (unpaired) electrons. The van der Waals surface area contributed by atoms with Crippen LogP contribution in [0.15, 0.2) is 53.5 Å². The van der Waals surface area contributed by atoms with E-state index >= 15 is 0 Å². The number of anilines is 1. The van der Waals surface area contributed by atoms with Crippen LogP contribution in [0.1, 0.15) is 0 Å². The van der Waals surface area contributed by atoms with Crippen LogP contribution in [0.25, 0.3) is 44.2 Å². The van der Waals surface area contributed by atoms with Crippen molar-refractivity contribution in [1.29, 1.82) is 0 Å². The van der Waals surface area contributed by atoms with Crippen LogP contribution in [0, 0.1) is 0 Å². The summed E-state index contributed by atoms with van der Waals surface area (Å²) in [6, 6.07) is 13.1. The Balaban J connectivity index is 1.87. The van der Waals surface area contributed by atoms with Gasteiger partial charge in [-0.15, -0.1) is 0 Å². The fraction of sp³-hybridized carbons (Fsp3) is 0.0909. The lowest BCUT2D eigenvalue weighted by atomic mass is 10.0. The van der Waals surface area contributed by atoms with Crippen LogP contribution in [0.3, 0.4) is 0 Å². The van der Waals surface area contributed by atoms with E-state index in [1.165, 1.54) is 0 Å². The van der Waals surface area contributed by atoms with Crippen molar-refractivity contribution in [2.24, 2.45) is 14.1 Å². The molecule has 0 unspecified atom stereocenters. The van der Waals surface area contributed by atoms with Gasteiger partial charge in [-0.05, 0) is 35.9 Å². The van der Waals surface area contributed by atoms with Gasteiger partial charge < -0.3 is 10.3 Å². The van der Waals surface area contributed by atoms with Gasteiger partial charge in [-0.1, -0.05) is 35.3 Å². The smallest absolute Gasteiger partial charge is 0.259 e. The quantitative estimate of drug-likeness (QED) is 0.408. The number of aromatic nitrogens is 4. The summed E-state index contributed by atoms with van der Waals surface area (Å²) in [6.07, 6.45) is 1.70. The molecule has 5 aromatic rings. The average molecular weight is 438 g/mol. The summed E-state index contributed by atoms with van der Waals surface area (Å²) in [5, 5.41) is 9.69. The molecule has 6 nitrogen and oxygen atoms in total. The molecule has 3 aromatic heterocycles. The summed E-state index contributed by atoms with van der Waals surface area (Å²) in [7, 11) is 3.72. The van der Waals surface area contributed by atoms with Crippen molar-refractivity contribution in [3.05, 3.63) is 69.1 Å². The maximum atomic E-state index is 13.2.